The summed E-state index contributed by atoms with van der Waals surface area (Å²) in [7, 11) is -3.48. The van der Waals surface area contributed by atoms with E-state index in [9.17, 15) is 18.3 Å². The molecule has 1 N–H and O–H groups in total. The van der Waals surface area contributed by atoms with Crippen LogP contribution in [0.25, 0.3) is 0 Å². The first-order valence-electron chi connectivity index (χ1n) is 7.41. The Morgan fingerprint density at radius 1 is 1.15 bits per heavy atom. The van der Waals surface area contributed by atoms with Gasteiger partial charge >= 0.3 is 5.97 Å². The standard InChI is InChI=1S/C13H24N2O4S/c1-2-6-13(12(16)17)7-5-10-15(11-13)20(18,19)14-8-3-4-9-14/h2-11H2,1H3,(H,16,17). The van der Waals surface area contributed by atoms with Crippen molar-refractivity contribution in [2.24, 2.45) is 5.41 Å². The molecule has 1 unspecified atom stereocenters. The fraction of sp³-hybridized carbons (Fsp3) is 0.923. The second kappa shape index (κ2) is 5.99. The molecular formula is C13H24N2O4S. The molecule has 2 rings (SSSR count). The van der Waals surface area contributed by atoms with Crippen molar-refractivity contribution < 1.29 is 18.3 Å². The number of rotatable bonds is 5. The highest BCUT2D eigenvalue weighted by Gasteiger charge is 2.46. The normalized spacial score (nSPS) is 29.6. The second-order valence-corrected chi connectivity index (χ2v) is 7.81. The molecule has 0 aromatic carbocycles. The number of carboxylic acid groups (broad SMARTS) is 1. The Bertz CT molecular complexity index is 455. The van der Waals surface area contributed by atoms with Gasteiger partial charge in [-0.05, 0) is 32.1 Å². The van der Waals surface area contributed by atoms with Crippen molar-refractivity contribution in [3.8, 4) is 0 Å². The maximum atomic E-state index is 12.6. The van der Waals surface area contributed by atoms with Crippen LogP contribution in [-0.2, 0) is 15.0 Å². The molecular weight excluding hydrogens is 280 g/mol. The van der Waals surface area contributed by atoms with Crippen LogP contribution in [0.2, 0.25) is 0 Å². The third kappa shape index (κ3) is 2.84. The fourth-order valence-electron chi connectivity index (χ4n) is 3.33. The molecule has 6 nitrogen and oxygen atoms in total. The van der Waals surface area contributed by atoms with E-state index in [4.69, 9.17) is 0 Å². The van der Waals surface area contributed by atoms with Gasteiger partial charge < -0.3 is 5.11 Å². The Morgan fingerprint density at radius 3 is 2.30 bits per heavy atom. The molecule has 2 aliphatic heterocycles. The number of hydrogen-bond acceptors (Lipinski definition) is 3. The average molecular weight is 304 g/mol. The van der Waals surface area contributed by atoms with Crippen molar-refractivity contribution in [2.75, 3.05) is 26.2 Å². The first-order chi connectivity index (χ1) is 9.42. The molecule has 0 aromatic rings. The first-order valence-corrected chi connectivity index (χ1v) is 8.81. The third-order valence-corrected chi connectivity index (χ3v) is 6.42. The molecule has 7 heteroatoms. The Labute approximate surface area is 120 Å². The summed E-state index contributed by atoms with van der Waals surface area (Å²) in [6.07, 6.45) is 4.28. The summed E-state index contributed by atoms with van der Waals surface area (Å²) in [4.78, 5) is 11.6. The lowest BCUT2D eigenvalue weighted by atomic mass is 9.77. The molecule has 0 aromatic heterocycles. The van der Waals surface area contributed by atoms with Crippen molar-refractivity contribution in [1.82, 2.24) is 8.61 Å². The molecule has 116 valence electrons. The zero-order valence-corrected chi connectivity index (χ0v) is 12.9. The summed E-state index contributed by atoms with van der Waals surface area (Å²) in [6, 6.07) is 0. The topological polar surface area (TPSA) is 77.9 Å². The van der Waals surface area contributed by atoms with Gasteiger partial charge in [0.15, 0.2) is 0 Å². The quantitative estimate of drug-likeness (QED) is 0.830. The van der Waals surface area contributed by atoms with Crippen LogP contribution in [0.15, 0.2) is 0 Å². The number of hydrogen-bond donors (Lipinski definition) is 1. The van der Waals surface area contributed by atoms with E-state index in [1.807, 2.05) is 6.92 Å². The lowest BCUT2D eigenvalue weighted by Crippen LogP contribution is -2.53. The highest BCUT2D eigenvalue weighted by molar-refractivity contribution is 7.86. The number of piperidine rings is 1. The molecule has 0 radical (unpaired) electrons. The predicted molar refractivity (Wildman–Crippen MR) is 75.5 cm³/mol. The van der Waals surface area contributed by atoms with Crippen LogP contribution < -0.4 is 0 Å². The molecule has 1 atom stereocenters. The molecule has 2 heterocycles. The van der Waals surface area contributed by atoms with E-state index < -0.39 is 21.6 Å². The van der Waals surface area contributed by atoms with E-state index in [0.717, 1.165) is 19.3 Å². The van der Waals surface area contributed by atoms with Crippen molar-refractivity contribution in [2.45, 2.75) is 45.4 Å². The van der Waals surface area contributed by atoms with Crippen LogP contribution in [0, 0.1) is 5.41 Å². The van der Waals surface area contributed by atoms with Gasteiger partial charge in [0.2, 0.25) is 0 Å². The molecule has 0 spiro atoms. The zero-order valence-electron chi connectivity index (χ0n) is 12.0. The second-order valence-electron chi connectivity index (χ2n) is 5.89. The van der Waals surface area contributed by atoms with Crippen LogP contribution in [-0.4, -0.2) is 54.3 Å². The van der Waals surface area contributed by atoms with Gasteiger partial charge in [0.25, 0.3) is 10.2 Å². The third-order valence-electron chi connectivity index (χ3n) is 4.44. The van der Waals surface area contributed by atoms with Crippen LogP contribution in [0.5, 0.6) is 0 Å². The van der Waals surface area contributed by atoms with Crippen LogP contribution >= 0.6 is 0 Å². The van der Waals surface area contributed by atoms with Gasteiger partial charge in [-0.2, -0.15) is 17.0 Å². The summed E-state index contributed by atoms with van der Waals surface area (Å²) in [6.45, 7) is 3.63. The number of carboxylic acids is 1. The molecule has 0 bridgehead atoms. The molecule has 0 amide bonds. The van der Waals surface area contributed by atoms with Gasteiger partial charge in [0.05, 0.1) is 5.41 Å². The van der Waals surface area contributed by atoms with Gasteiger partial charge in [0, 0.05) is 26.2 Å². The molecule has 0 saturated carbocycles. The maximum absolute atomic E-state index is 12.6. The number of nitrogens with zero attached hydrogens (tertiary/aromatic N) is 2. The molecule has 2 saturated heterocycles. The van der Waals surface area contributed by atoms with Gasteiger partial charge in [-0.3, -0.25) is 4.79 Å². The lowest BCUT2D eigenvalue weighted by molar-refractivity contribution is -0.152. The van der Waals surface area contributed by atoms with E-state index in [2.05, 4.69) is 0 Å². The van der Waals surface area contributed by atoms with Crippen molar-refractivity contribution in [3.63, 3.8) is 0 Å². The van der Waals surface area contributed by atoms with E-state index >= 15 is 0 Å². The summed E-state index contributed by atoms with van der Waals surface area (Å²) in [5, 5.41) is 9.53. The Kier molecular flexibility index (Phi) is 4.71. The predicted octanol–water partition coefficient (Wildman–Crippen LogP) is 1.29. The summed E-state index contributed by atoms with van der Waals surface area (Å²) in [5.41, 5.74) is -0.903. The molecule has 2 fully saturated rings. The van der Waals surface area contributed by atoms with E-state index in [1.54, 1.807) is 0 Å². The Hall–Kier alpha value is -0.660. The minimum atomic E-state index is -3.48. The highest BCUT2D eigenvalue weighted by Crippen LogP contribution is 2.36. The van der Waals surface area contributed by atoms with Crippen molar-refractivity contribution in [3.05, 3.63) is 0 Å². The van der Waals surface area contributed by atoms with Gasteiger partial charge in [-0.15, -0.1) is 0 Å². The lowest BCUT2D eigenvalue weighted by Gasteiger charge is -2.40. The average Bonchev–Trinajstić information content (AvgIpc) is 2.93. The SMILES string of the molecule is CCCC1(C(=O)O)CCCN(S(=O)(=O)N2CCCC2)C1. The smallest absolute Gasteiger partial charge is 0.310 e. The molecule has 2 aliphatic rings. The maximum Gasteiger partial charge on any atom is 0.310 e. The highest BCUT2D eigenvalue weighted by atomic mass is 32.2. The van der Waals surface area contributed by atoms with Gasteiger partial charge in [0.1, 0.15) is 0 Å². The van der Waals surface area contributed by atoms with E-state index in [-0.39, 0.29) is 6.54 Å². The minimum Gasteiger partial charge on any atom is -0.481 e. The van der Waals surface area contributed by atoms with E-state index in [1.165, 1.54) is 8.61 Å². The van der Waals surface area contributed by atoms with Gasteiger partial charge in [-0.1, -0.05) is 13.3 Å². The zero-order chi connectivity index (χ0) is 14.8. The van der Waals surface area contributed by atoms with Crippen molar-refractivity contribution >= 4 is 16.2 Å². The van der Waals surface area contributed by atoms with E-state index in [0.29, 0.717) is 38.9 Å². The van der Waals surface area contributed by atoms with Crippen LogP contribution in [0.4, 0.5) is 0 Å². The summed E-state index contributed by atoms with van der Waals surface area (Å²) < 4.78 is 28.0. The van der Waals surface area contributed by atoms with Crippen LogP contribution in [0.1, 0.15) is 45.4 Å². The number of carbonyl (C=O) groups is 1. The largest absolute Gasteiger partial charge is 0.481 e. The molecule has 0 aliphatic carbocycles. The summed E-state index contributed by atoms with van der Waals surface area (Å²) >= 11 is 0. The molecule has 20 heavy (non-hydrogen) atoms. The van der Waals surface area contributed by atoms with Crippen molar-refractivity contribution in [1.29, 1.82) is 0 Å². The first kappa shape index (κ1) is 15.7. The number of aliphatic carboxylic acids is 1. The Morgan fingerprint density at radius 2 is 1.75 bits per heavy atom. The summed E-state index contributed by atoms with van der Waals surface area (Å²) in [5.74, 6) is -0.860. The van der Waals surface area contributed by atoms with Crippen LogP contribution in [0.3, 0.4) is 0 Å². The monoisotopic (exact) mass is 304 g/mol. The minimum absolute atomic E-state index is 0.120. The Balaban J connectivity index is 2.18. The van der Waals surface area contributed by atoms with Gasteiger partial charge in [-0.25, -0.2) is 0 Å². The fourth-order valence-corrected chi connectivity index (χ4v) is 5.15.